The fourth-order valence-electron chi connectivity index (χ4n) is 3.07. The van der Waals surface area contributed by atoms with E-state index in [1.165, 1.54) is 30.6 Å². The van der Waals surface area contributed by atoms with Gasteiger partial charge in [0, 0.05) is 36.5 Å². The van der Waals surface area contributed by atoms with Gasteiger partial charge in [0.25, 0.3) is 5.69 Å². The van der Waals surface area contributed by atoms with Crippen molar-refractivity contribution in [2.75, 3.05) is 23.7 Å². The minimum absolute atomic E-state index is 0.106. The van der Waals surface area contributed by atoms with Crippen molar-refractivity contribution < 1.29 is 18.1 Å². The molecule has 0 unspecified atom stereocenters. The van der Waals surface area contributed by atoms with E-state index in [9.17, 15) is 23.3 Å². The molecule has 4 aromatic rings. The number of hydrogen-bond acceptors (Lipinski definition) is 8. The van der Waals surface area contributed by atoms with Crippen LogP contribution < -0.4 is 10.6 Å². The Bertz CT molecular complexity index is 1260. The summed E-state index contributed by atoms with van der Waals surface area (Å²) in [6.07, 6.45) is 1.33. The number of hydrogen-bond donors (Lipinski definition) is 3. The van der Waals surface area contributed by atoms with Gasteiger partial charge in [0.15, 0.2) is 0 Å². The molecule has 0 fully saturated rings. The average Bonchev–Trinajstić information content (AvgIpc) is 3.36. The molecule has 0 bridgehead atoms. The number of alkyl halides is 3. The van der Waals surface area contributed by atoms with Gasteiger partial charge >= 0.3 is 6.18 Å². The molecule has 0 spiro atoms. The number of nitro groups is 1. The molecular formula is C21H17F3N8O2. The van der Waals surface area contributed by atoms with Gasteiger partial charge in [-0.25, -0.2) is 19.9 Å². The zero-order valence-electron chi connectivity index (χ0n) is 17.4. The highest BCUT2D eigenvalue weighted by atomic mass is 19.4. The molecule has 3 N–H and O–H groups in total. The summed E-state index contributed by atoms with van der Waals surface area (Å²) in [5.74, 6) is 0.741. The van der Waals surface area contributed by atoms with Crippen LogP contribution in [-0.4, -0.2) is 42.9 Å². The van der Waals surface area contributed by atoms with E-state index < -0.39 is 16.7 Å². The first-order valence-corrected chi connectivity index (χ1v) is 9.93. The van der Waals surface area contributed by atoms with Crippen LogP contribution in [0.15, 0.2) is 61.3 Å². The summed E-state index contributed by atoms with van der Waals surface area (Å²) in [6.45, 7) is 0.792. The van der Waals surface area contributed by atoms with Crippen molar-refractivity contribution in [2.45, 2.75) is 6.18 Å². The summed E-state index contributed by atoms with van der Waals surface area (Å²) < 4.78 is 38.9. The Morgan fingerprint density at radius 1 is 0.971 bits per heavy atom. The topological polar surface area (TPSA) is 135 Å². The third kappa shape index (κ3) is 5.26. The Hall–Kier alpha value is -4.55. The molecular weight excluding hydrogens is 453 g/mol. The van der Waals surface area contributed by atoms with Gasteiger partial charge in [-0.1, -0.05) is 12.1 Å². The van der Waals surface area contributed by atoms with Crippen molar-refractivity contribution in [2.24, 2.45) is 0 Å². The predicted octanol–water partition coefficient (Wildman–Crippen LogP) is 4.38. The van der Waals surface area contributed by atoms with E-state index in [4.69, 9.17) is 0 Å². The number of anilines is 2. The van der Waals surface area contributed by atoms with Gasteiger partial charge in [0.1, 0.15) is 12.0 Å². The minimum atomic E-state index is -4.44. The zero-order valence-corrected chi connectivity index (χ0v) is 17.4. The van der Waals surface area contributed by atoms with Crippen LogP contribution in [0.5, 0.6) is 0 Å². The van der Waals surface area contributed by atoms with Crippen LogP contribution in [0.1, 0.15) is 5.56 Å². The van der Waals surface area contributed by atoms with Gasteiger partial charge < -0.3 is 15.6 Å². The lowest BCUT2D eigenvalue weighted by atomic mass is 10.0. The van der Waals surface area contributed by atoms with Crippen molar-refractivity contribution in [3.8, 4) is 22.5 Å². The summed E-state index contributed by atoms with van der Waals surface area (Å²) >= 11 is 0. The Balaban J connectivity index is 1.49. The number of aromatic nitrogens is 5. The lowest BCUT2D eigenvalue weighted by molar-refractivity contribution is -0.385. The van der Waals surface area contributed by atoms with Crippen molar-refractivity contribution >= 4 is 17.5 Å². The molecule has 34 heavy (non-hydrogen) atoms. The molecule has 0 radical (unpaired) electrons. The van der Waals surface area contributed by atoms with Crippen LogP contribution in [0.2, 0.25) is 0 Å². The number of nitrogens with zero attached hydrogens (tertiary/aromatic N) is 5. The van der Waals surface area contributed by atoms with Gasteiger partial charge in [-0.3, -0.25) is 10.1 Å². The number of aromatic amines is 1. The third-order valence-electron chi connectivity index (χ3n) is 4.74. The van der Waals surface area contributed by atoms with E-state index in [1.54, 1.807) is 12.4 Å². The molecule has 3 heterocycles. The first-order valence-electron chi connectivity index (χ1n) is 9.93. The standard InChI is InChI=1S/C21H17F3N8O2/c22-21(23,24)14-3-1-13(2-4-14)19-16(17-11-25-12-30-17)10-29-20(31-19)27-8-7-26-18-6-5-15(9-28-18)32(33)34/h1-6,9-12H,7-8H2,(H,25,30)(H,26,28)(H,27,29,31). The maximum absolute atomic E-state index is 13.0. The Morgan fingerprint density at radius 3 is 2.35 bits per heavy atom. The lowest BCUT2D eigenvalue weighted by Crippen LogP contribution is -2.16. The molecule has 0 saturated carbocycles. The fraction of sp³-hybridized carbons (Fsp3) is 0.143. The van der Waals surface area contributed by atoms with E-state index in [1.807, 2.05) is 0 Å². The molecule has 0 aliphatic carbocycles. The van der Waals surface area contributed by atoms with E-state index in [2.05, 4.69) is 35.6 Å². The number of benzene rings is 1. The highest BCUT2D eigenvalue weighted by molar-refractivity contribution is 5.79. The maximum Gasteiger partial charge on any atom is 0.416 e. The molecule has 0 atom stereocenters. The number of pyridine rings is 1. The van der Waals surface area contributed by atoms with Crippen molar-refractivity contribution in [3.05, 3.63) is 77.0 Å². The largest absolute Gasteiger partial charge is 0.416 e. The molecule has 0 aliphatic heterocycles. The van der Waals surface area contributed by atoms with Gasteiger partial charge in [0.05, 0.1) is 34.4 Å². The van der Waals surface area contributed by atoms with E-state index in [0.29, 0.717) is 41.4 Å². The van der Waals surface area contributed by atoms with Crippen molar-refractivity contribution in [1.29, 1.82) is 0 Å². The second kappa shape index (κ2) is 9.52. The first-order chi connectivity index (χ1) is 16.3. The second-order valence-corrected chi connectivity index (χ2v) is 7.01. The molecule has 3 aromatic heterocycles. The molecule has 0 aliphatic rings. The molecule has 4 rings (SSSR count). The smallest absolute Gasteiger partial charge is 0.368 e. The van der Waals surface area contributed by atoms with Crippen molar-refractivity contribution in [3.63, 3.8) is 0 Å². The molecule has 10 nitrogen and oxygen atoms in total. The van der Waals surface area contributed by atoms with E-state index >= 15 is 0 Å². The maximum atomic E-state index is 13.0. The van der Waals surface area contributed by atoms with Crippen LogP contribution in [-0.2, 0) is 6.18 Å². The molecule has 174 valence electrons. The zero-order chi connectivity index (χ0) is 24.1. The summed E-state index contributed by atoms with van der Waals surface area (Å²) in [5.41, 5.74) is 1.25. The minimum Gasteiger partial charge on any atom is -0.368 e. The van der Waals surface area contributed by atoms with Crippen molar-refractivity contribution in [1.82, 2.24) is 24.9 Å². The van der Waals surface area contributed by atoms with Crippen LogP contribution in [0, 0.1) is 10.1 Å². The van der Waals surface area contributed by atoms with Crippen LogP contribution >= 0.6 is 0 Å². The number of halogens is 3. The fourth-order valence-corrected chi connectivity index (χ4v) is 3.07. The van der Waals surface area contributed by atoms with Gasteiger partial charge in [0.2, 0.25) is 5.95 Å². The molecule has 0 saturated heterocycles. The van der Waals surface area contributed by atoms with Crippen LogP contribution in [0.25, 0.3) is 22.5 Å². The normalized spacial score (nSPS) is 11.3. The Morgan fingerprint density at radius 2 is 1.74 bits per heavy atom. The number of H-pyrrole nitrogens is 1. The SMILES string of the molecule is O=[N+]([O-])c1ccc(NCCNc2ncc(-c3cnc[nH]3)c(-c3ccc(C(F)(F)F)cc3)n2)nc1. The molecule has 13 heteroatoms. The lowest BCUT2D eigenvalue weighted by Gasteiger charge is -2.12. The quantitative estimate of drug-likeness (QED) is 0.196. The highest BCUT2D eigenvalue weighted by Gasteiger charge is 2.30. The average molecular weight is 470 g/mol. The predicted molar refractivity (Wildman–Crippen MR) is 118 cm³/mol. The van der Waals surface area contributed by atoms with Crippen LogP contribution in [0.3, 0.4) is 0 Å². The molecule has 0 amide bonds. The first kappa shape index (κ1) is 22.6. The molecule has 1 aromatic carbocycles. The highest BCUT2D eigenvalue weighted by Crippen LogP contribution is 2.33. The summed E-state index contributed by atoms with van der Waals surface area (Å²) in [7, 11) is 0. The van der Waals surface area contributed by atoms with Crippen LogP contribution in [0.4, 0.5) is 30.6 Å². The Kier molecular flexibility index (Phi) is 6.34. The monoisotopic (exact) mass is 470 g/mol. The third-order valence-corrected chi connectivity index (χ3v) is 4.74. The summed E-state index contributed by atoms with van der Waals surface area (Å²) in [6, 6.07) is 7.56. The van der Waals surface area contributed by atoms with Gasteiger partial charge in [-0.05, 0) is 18.2 Å². The summed E-state index contributed by atoms with van der Waals surface area (Å²) in [5, 5.41) is 16.7. The Labute approximate surface area is 190 Å². The number of nitrogens with one attached hydrogen (secondary N) is 3. The summed E-state index contributed by atoms with van der Waals surface area (Å²) in [4.78, 5) is 29.8. The van der Waals surface area contributed by atoms with Gasteiger partial charge in [-0.2, -0.15) is 13.2 Å². The number of imidazole rings is 1. The second-order valence-electron chi connectivity index (χ2n) is 7.01. The van der Waals surface area contributed by atoms with Gasteiger partial charge in [-0.15, -0.1) is 0 Å². The van der Waals surface area contributed by atoms with E-state index in [0.717, 1.165) is 18.3 Å². The van der Waals surface area contributed by atoms with E-state index in [-0.39, 0.29) is 11.6 Å². The number of rotatable bonds is 8.